The van der Waals surface area contributed by atoms with Crippen LogP contribution in [-0.2, 0) is 13.1 Å². The summed E-state index contributed by atoms with van der Waals surface area (Å²) in [6.07, 6.45) is 3.24. The average Bonchev–Trinajstić information content (AvgIpc) is 3.22. The first-order valence-electron chi connectivity index (χ1n) is 7.07. The van der Waals surface area contributed by atoms with Crippen LogP contribution in [0.5, 0.6) is 0 Å². The molecule has 1 aromatic carbocycles. The van der Waals surface area contributed by atoms with Gasteiger partial charge in [0.2, 0.25) is 0 Å². The predicted molar refractivity (Wildman–Crippen MR) is 89.3 cm³/mol. The van der Waals surface area contributed by atoms with E-state index in [0.717, 1.165) is 17.2 Å². The number of hydrogen-bond donors (Lipinski definition) is 1. The summed E-state index contributed by atoms with van der Waals surface area (Å²) in [7, 11) is 0. The number of thiocarbonyl (C=S) groups is 1. The maximum absolute atomic E-state index is 13.0. The average molecular weight is 330 g/mol. The van der Waals surface area contributed by atoms with Gasteiger partial charge in [-0.3, -0.25) is 0 Å². The van der Waals surface area contributed by atoms with Crippen molar-refractivity contribution in [1.29, 1.82) is 0 Å². The van der Waals surface area contributed by atoms with E-state index in [4.69, 9.17) is 21.1 Å². The third kappa shape index (κ3) is 4.20. The fraction of sp³-hybridized carbons (Fsp3) is 0.118. The van der Waals surface area contributed by atoms with Gasteiger partial charge >= 0.3 is 0 Å². The van der Waals surface area contributed by atoms with E-state index in [0.29, 0.717) is 18.2 Å². The van der Waals surface area contributed by atoms with E-state index in [1.807, 2.05) is 29.2 Å². The Labute approximate surface area is 138 Å². The lowest BCUT2D eigenvalue weighted by Gasteiger charge is -2.24. The van der Waals surface area contributed by atoms with Crippen LogP contribution in [0, 0.1) is 5.82 Å². The molecule has 6 heteroatoms. The molecular weight excluding hydrogens is 315 g/mol. The molecule has 0 bridgehead atoms. The second-order valence-electron chi connectivity index (χ2n) is 4.95. The van der Waals surface area contributed by atoms with Crippen molar-refractivity contribution in [2.45, 2.75) is 13.1 Å². The van der Waals surface area contributed by atoms with Crippen molar-refractivity contribution in [1.82, 2.24) is 4.90 Å². The molecule has 0 saturated heterocycles. The summed E-state index contributed by atoms with van der Waals surface area (Å²) in [4.78, 5) is 1.91. The lowest BCUT2D eigenvalue weighted by Crippen LogP contribution is -2.33. The topological polar surface area (TPSA) is 41.5 Å². The molecule has 0 amide bonds. The summed E-state index contributed by atoms with van der Waals surface area (Å²) >= 11 is 5.47. The third-order valence-corrected chi connectivity index (χ3v) is 3.60. The minimum Gasteiger partial charge on any atom is -0.467 e. The van der Waals surface area contributed by atoms with Gasteiger partial charge in [-0.2, -0.15) is 0 Å². The van der Waals surface area contributed by atoms with E-state index in [1.54, 1.807) is 24.7 Å². The van der Waals surface area contributed by atoms with Crippen LogP contribution in [0.25, 0.3) is 0 Å². The highest BCUT2D eigenvalue weighted by Gasteiger charge is 2.14. The zero-order valence-electron chi connectivity index (χ0n) is 12.2. The van der Waals surface area contributed by atoms with E-state index in [2.05, 4.69) is 5.32 Å². The van der Waals surface area contributed by atoms with Crippen molar-refractivity contribution in [3.8, 4) is 0 Å². The first-order chi connectivity index (χ1) is 11.2. The Morgan fingerprint density at radius 2 is 1.52 bits per heavy atom. The highest BCUT2D eigenvalue weighted by Crippen LogP contribution is 2.15. The van der Waals surface area contributed by atoms with Crippen molar-refractivity contribution in [3.63, 3.8) is 0 Å². The number of anilines is 1. The number of nitrogens with one attached hydrogen (secondary N) is 1. The molecular formula is C17H15FN2O2S. The predicted octanol–water partition coefficient (Wildman–Crippen LogP) is 4.41. The van der Waals surface area contributed by atoms with Gasteiger partial charge in [-0.05, 0) is 60.7 Å². The molecule has 0 unspecified atom stereocenters. The van der Waals surface area contributed by atoms with E-state index in [1.165, 1.54) is 12.1 Å². The molecule has 4 nitrogen and oxygen atoms in total. The molecule has 23 heavy (non-hydrogen) atoms. The number of nitrogens with zero attached hydrogens (tertiary/aromatic N) is 1. The lowest BCUT2D eigenvalue weighted by atomic mass is 10.3. The number of rotatable bonds is 5. The molecule has 2 heterocycles. The molecule has 0 atom stereocenters. The largest absolute Gasteiger partial charge is 0.467 e. The van der Waals surface area contributed by atoms with Gasteiger partial charge < -0.3 is 19.1 Å². The van der Waals surface area contributed by atoms with Crippen LogP contribution in [0.2, 0.25) is 0 Å². The van der Waals surface area contributed by atoms with Crippen LogP contribution in [0.4, 0.5) is 10.1 Å². The molecule has 3 rings (SSSR count). The molecule has 3 aromatic rings. The van der Waals surface area contributed by atoms with Crippen molar-refractivity contribution in [3.05, 3.63) is 78.4 Å². The molecule has 0 radical (unpaired) electrons. The molecule has 0 spiro atoms. The summed E-state index contributed by atoms with van der Waals surface area (Å²) in [6.45, 7) is 1.00. The summed E-state index contributed by atoms with van der Waals surface area (Å²) in [5.74, 6) is 1.30. The Balaban J connectivity index is 1.73. The maximum atomic E-state index is 13.0. The monoisotopic (exact) mass is 330 g/mol. The highest BCUT2D eigenvalue weighted by atomic mass is 32.1. The van der Waals surface area contributed by atoms with E-state index < -0.39 is 0 Å². The Bertz CT molecular complexity index is 703. The lowest BCUT2D eigenvalue weighted by molar-refractivity contribution is 0.329. The van der Waals surface area contributed by atoms with E-state index in [-0.39, 0.29) is 5.82 Å². The summed E-state index contributed by atoms with van der Waals surface area (Å²) in [6, 6.07) is 13.5. The number of hydrogen-bond acceptors (Lipinski definition) is 3. The fourth-order valence-electron chi connectivity index (χ4n) is 2.12. The van der Waals surface area contributed by atoms with Gasteiger partial charge in [0.1, 0.15) is 17.3 Å². The van der Waals surface area contributed by atoms with Crippen LogP contribution in [0.1, 0.15) is 11.5 Å². The smallest absolute Gasteiger partial charge is 0.174 e. The van der Waals surface area contributed by atoms with Crippen molar-refractivity contribution >= 4 is 23.0 Å². The van der Waals surface area contributed by atoms with Gasteiger partial charge in [0.15, 0.2) is 5.11 Å². The van der Waals surface area contributed by atoms with Gasteiger partial charge in [0.05, 0.1) is 25.6 Å². The molecule has 2 aromatic heterocycles. The standard InChI is InChI=1S/C17H15FN2O2S/c18-13-5-7-14(8-6-13)19-17(23)20(11-15-3-1-9-21-15)12-16-4-2-10-22-16/h1-10H,11-12H2,(H,19,23). The zero-order chi connectivity index (χ0) is 16.1. The molecule has 0 aliphatic carbocycles. The Hall–Kier alpha value is -2.60. The Kier molecular flexibility index (Phi) is 4.73. The minimum absolute atomic E-state index is 0.288. The maximum Gasteiger partial charge on any atom is 0.174 e. The van der Waals surface area contributed by atoms with E-state index >= 15 is 0 Å². The number of halogens is 1. The van der Waals surface area contributed by atoms with Crippen LogP contribution < -0.4 is 5.32 Å². The Morgan fingerprint density at radius 1 is 0.957 bits per heavy atom. The van der Waals surface area contributed by atoms with Gasteiger partial charge in [0.25, 0.3) is 0 Å². The van der Waals surface area contributed by atoms with Crippen LogP contribution in [-0.4, -0.2) is 10.0 Å². The summed E-state index contributed by atoms with van der Waals surface area (Å²) < 4.78 is 23.8. The number of benzene rings is 1. The minimum atomic E-state index is -0.288. The molecule has 0 aliphatic heterocycles. The SMILES string of the molecule is Fc1ccc(NC(=S)N(Cc2ccco2)Cc2ccco2)cc1. The summed E-state index contributed by atoms with van der Waals surface area (Å²) in [5, 5.41) is 3.61. The quantitative estimate of drug-likeness (QED) is 0.702. The van der Waals surface area contributed by atoms with Gasteiger partial charge in [-0.15, -0.1) is 0 Å². The molecule has 1 N–H and O–H groups in total. The first kappa shape index (κ1) is 15.3. The summed E-state index contributed by atoms with van der Waals surface area (Å²) in [5.41, 5.74) is 0.722. The van der Waals surface area contributed by atoms with Crippen molar-refractivity contribution < 1.29 is 13.2 Å². The third-order valence-electron chi connectivity index (χ3n) is 3.24. The van der Waals surface area contributed by atoms with Crippen LogP contribution >= 0.6 is 12.2 Å². The zero-order valence-corrected chi connectivity index (χ0v) is 13.1. The Morgan fingerprint density at radius 3 is 2.00 bits per heavy atom. The molecule has 0 saturated carbocycles. The van der Waals surface area contributed by atoms with Gasteiger partial charge in [-0.1, -0.05) is 0 Å². The molecule has 0 aliphatic rings. The molecule has 118 valence electrons. The first-order valence-corrected chi connectivity index (χ1v) is 7.48. The van der Waals surface area contributed by atoms with Crippen LogP contribution in [0.15, 0.2) is 69.9 Å². The second kappa shape index (κ2) is 7.11. The second-order valence-corrected chi connectivity index (χ2v) is 5.34. The highest BCUT2D eigenvalue weighted by molar-refractivity contribution is 7.80. The van der Waals surface area contributed by atoms with E-state index in [9.17, 15) is 4.39 Å². The van der Waals surface area contributed by atoms with Crippen molar-refractivity contribution in [2.24, 2.45) is 0 Å². The normalized spacial score (nSPS) is 10.5. The fourth-order valence-corrected chi connectivity index (χ4v) is 2.36. The van der Waals surface area contributed by atoms with Gasteiger partial charge in [-0.25, -0.2) is 4.39 Å². The van der Waals surface area contributed by atoms with Gasteiger partial charge in [0, 0.05) is 5.69 Å². The molecule has 0 fully saturated rings. The van der Waals surface area contributed by atoms with Crippen molar-refractivity contribution in [2.75, 3.05) is 5.32 Å². The number of furan rings is 2. The van der Waals surface area contributed by atoms with Crippen LogP contribution in [0.3, 0.4) is 0 Å².